The Morgan fingerprint density at radius 2 is 1.72 bits per heavy atom. The first-order valence-electron chi connectivity index (χ1n) is 11.1. The van der Waals surface area contributed by atoms with Crippen molar-refractivity contribution in [1.82, 2.24) is 19.9 Å². The van der Waals surface area contributed by atoms with Crippen LogP contribution in [0.5, 0.6) is 0 Å². The van der Waals surface area contributed by atoms with Crippen LogP contribution in [0.15, 0.2) is 48.9 Å². The Labute approximate surface area is 194 Å². The maximum Gasteiger partial charge on any atom is 0.253 e. The van der Waals surface area contributed by atoms with E-state index in [9.17, 15) is 4.79 Å². The molecule has 1 saturated heterocycles. The van der Waals surface area contributed by atoms with Gasteiger partial charge < -0.3 is 4.90 Å². The van der Waals surface area contributed by atoms with Crippen LogP contribution in [0.2, 0.25) is 5.02 Å². The number of carbonyl (C=O) groups is 1. The van der Waals surface area contributed by atoms with Gasteiger partial charge in [0.2, 0.25) is 0 Å². The second-order valence-corrected chi connectivity index (χ2v) is 10.0. The molecule has 32 heavy (non-hydrogen) atoms. The van der Waals surface area contributed by atoms with Gasteiger partial charge in [-0.05, 0) is 49.1 Å². The largest absolute Gasteiger partial charge is 0.339 e. The van der Waals surface area contributed by atoms with E-state index in [-0.39, 0.29) is 11.3 Å². The van der Waals surface area contributed by atoms with Crippen molar-refractivity contribution in [3.63, 3.8) is 0 Å². The van der Waals surface area contributed by atoms with Gasteiger partial charge in [-0.15, -0.1) is 0 Å². The van der Waals surface area contributed by atoms with E-state index >= 15 is 0 Å². The molecule has 166 valence electrons. The molecule has 0 aliphatic carbocycles. The molecule has 5 nitrogen and oxygen atoms in total. The number of rotatable bonds is 3. The predicted molar refractivity (Wildman–Crippen MR) is 129 cm³/mol. The van der Waals surface area contributed by atoms with Gasteiger partial charge in [-0.2, -0.15) is 0 Å². The molecule has 3 aromatic rings. The Hall–Kier alpha value is -2.79. The summed E-state index contributed by atoms with van der Waals surface area (Å²) >= 11 is 6.61. The summed E-state index contributed by atoms with van der Waals surface area (Å²) in [5, 5.41) is 0.510. The number of carbonyl (C=O) groups excluding carboxylic acids is 1. The SMILES string of the molecule is CC1CCN(C(=O)c2ccc(-c3cc(-c4ccnc(C(C)(C)C)c4)ncn3)c(Cl)c2)CC1. The third kappa shape index (κ3) is 4.83. The third-order valence-corrected chi connectivity index (χ3v) is 6.37. The van der Waals surface area contributed by atoms with Gasteiger partial charge in [0.1, 0.15) is 6.33 Å². The lowest BCUT2D eigenvalue weighted by Crippen LogP contribution is -2.37. The number of amides is 1. The van der Waals surface area contributed by atoms with Crippen LogP contribution in [0.3, 0.4) is 0 Å². The lowest BCUT2D eigenvalue weighted by atomic mass is 9.90. The second kappa shape index (κ2) is 8.99. The second-order valence-electron chi connectivity index (χ2n) is 9.64. The molecular weight excluding hydrogens is 420 g/mol. The Morgan fingerprint density at radius 3 is 2.41 bits per heavy atom. The molecule has 0 N–H and O–H groups in total. The van der Waals surface area contributed by atoms with Crippen molar-refractivity contribution in [2.45, 2.75) is 46.0 Å². The minimum atomic E-state index is -0.0516. The smallest absolute Gasteiger partial charge is 0.253 e. The summed E-state index contributed by atoms with van der Waals surface area (Å²) < 4.78 is 0. The maximum atomic E-state index is 12.9. The predicted octanol–water partition coefficient (Wildman–Crippen LogP) is 6.03. The summed E-state index contributed by atoms with van der Waals surface area (Å²) in [6.45, 7) is 10.3. The zero-order valence-corrected chi connectivity index (χ0v) is 19.9. The Kier molecular flexibility index (Phi) is 6.29. The van der Waals surface area contributed by atoms with Crippen molar-refractivity contribution in [3.05, 3.63) is 65.2 Å². The molecule has 1 aliphatic heterocycles. The molecule has 2 aromatic heterocycles. The van der Waals surface area contributed by atoms with Crippen LogP contribution in [-0.2, 0) is 5.41 Å². The summed E-state index contributed by atoms with van der Waals surface area (Å²) in [5.41, 5.74) is 4.86. The summed E-state index contributed by atoms with van der Waals surface area (Å²) in [6.07, 6.45) is 5.46. The van der Waals surface area contributed by atoms with E-state index in [1.54, 1.807) is 12.4 Å². The molecule has 0 spiro atoms. The topological polar surface area (TPSA) is 59.0 Å². The summed E-state index contributed by atoms with van der Waals surface area (Å²) in [4.78, 5) is 28.2. The van der Waals surface area contributed by atoms with Gasteiger partial charge in [-0.1, -0.05) is 45.4 Å². The van der Waals surface area contributed by atoms with E-state index < -0.39 is 0 Å². The maximum absolute atomic E-state index is 12.9. The van der Waals surface area contributed by atoms with Crippen LogP contribution < -0.4 is 0 Å². The molecule has 0 unspecified atom stereocenters. The van der Waals surface area contributed by atoms with Crippen LogP contribution in [0.4, 0.5) is 0 Å². The quantitative estimate of drug-likeness (QED) is 0.490. The molecule has 0 atom stereocenters. The molecule has 4 rings (SSSR count). The van der Waals surface area contributed by atoms with E-state index in [4.69, 9.17) is 11.6 Å². The first-order valence-corrected chi connectivity index (χ1v) is 11.5. The first kappa shape index (κ1) is 22.4. The van der Waals surface area contributed by atoms with Gasteiger partial charge in [0.05, 0.1) is 16.4 Å². The summed E-state index contributed by atoms with van der Waals surface area (Å²) in [7, 11) is 0. The summed E-state index contributed by atoms with van der Waals surface area (Å²) in [5.74, 6) is 0.720. The van der Waals surface area contributed by atoms with Gasteiger partial charge >= 0.3 is 0 Å². The van der Waals surface area contributed by atoms with Crippen LogP contribution in [-0.4, -0.2) is 38.8 Å². The van der Waals surface area contributed by atoms with Gasteiger partial charge in [0, 0.05) is 47.1 Å². The average molecular weight is 449 g/mol. The zero-order chi connectivity index (χ0) is 22.9. The van der Waals surface area contributed by atoms with Crippen LogP contribution in [0, 0.1) is 5.92 Å². The van der Waals surface area contributed by atoms with E-state index in [0.29, 0.717) is 16.5 Å². The number of benzene rings is 1. The normalized spacial score (nSPS) is 15.1. The van der Waals surface area contributed by atoms with Crippen molar-refractivity contribution < 1.29 is 4.79 Å². The molecule has 1 amide bonds. The van der Waals surface area contributed by atoms with Gasteiger partial charge in [-0.25, -0.2) is 9.97 Å². The minimum absolute atomic E-state index is 0.0419. The van der Waals surface area contributed by atoms with Crippen LogP contribution >= 0.6 is 11.6 Å². The fraction of sp³-hybridized carbons (Fsp3) is 0.385. The number of hydrogen-bond donors (Lipinski definition) is 0. The molecular formula is C26H29ClN4O. The number of hydrogen-bond acceptors (Lipinski definition) is 4. The number of nitrogens with zero attached hydrogens (tertiary/aromatic N) is 4. The molecule has 3 heterocycles. The number of aromatic nitrogens is 3. The van der Waals surface area contributed by atoms with Crippen molar-refractivity contribution >= 4 is 17.5 Å². The first-order chi connectivity index (χ1) is 15.2. The molecule has 0 saturated carbocycles. The van der Waals surface area contributed by atoms with Crippen molar-refractivity contribution in [1.29, 1.82) is 0 Å². The Balaban J connectivity index is 1.60. The molecule has 1 fully saturated rings. The summed E-state index contributed by atoms with van der Waals surface area (Å²) in [6, 6.07) is 11.4. The Morgan fingerprint density at radius 1 is 1.00 bits per heavy atom. The fourth-order valence-electron chi connectivity index (χ4n) is 3.91. The fourth-order valence-corrected chi connectivity index (χ4v) is 4.19. The average Bonchev–Trinajstić information content (AvgIpc) is 2.78. The number of halogens is 1. The third-order valence-electron chi connectivity index (χ3n) is 6.05. The highest BCUT2D eigenvalue weighted by molar-refractivity contribution is 6.33. The monoisotopic (exact) mass is 448 g/mol. The zero-order valence-electron chi connectivity index (χ0n) is 19.1. The van der Waals surface area contributed by atoms with Crippen molar-refractivity contribution in [3.8, 4) is 22.5 Å². The van der Waals surface area contributed by atoms with Gasteiger partial charge in [-0.3, -0.25) is 9.78 Å². The minimum Gasteiger partial charge on any atom is -0.339 e. The highest BCUT2D eigenvalue weighted by atomic mass is 35.5. The Bertz CT molecular complexity index is 1130. The number of likely N-dealkylation sites (tertiary alicyclic amines) is 1. The lowest BCUT2D eigenvalue weighted by Gasteiger charge is -2.30. The number of pyridine rings is 1. The molecule has 1 aromatic carbocycles. The van der Waals surface area contributed by atoms with Crippen molar-refractivity contribution in [2.75, 3.05) is 13.1 Å². The molecule has 0 bridgehead atoms. The van der Waals surface area contributed by atoms with E-state index in [1.807, 2.05) is 35.4 Å². The standard InChI is InChI=1S/C26H29ClN4O/c1-17-8-11-31(12-9-17)25(32)19-5-6-20(21(27)13-19)23-15-22(29-16-30-23)18-7-10-28-24(14-18)26(2,3)4/h5-7,10,13-17H,8-9,11-12H2,1-4H3. The van der Waals surface area contributed by atoms with Gasteiger partial charge in [0.25, 0.3) is 5.91 Å². The molecule has 6 heteroatoms. The lowest BCUT2D eigenvalue weighted by molar-refractivity contribution is 0.0697. The molecule has 0 radical (unpaired) electrons. The van der Waals surface area contributed by atoms with Crippen LogP contribution in [0.25, 0.3) is 22.5 Å². The number of piperidine rings is 1. The van der Waals surface area contributed by atoms with E-state index in [0.717, 1.165) is 54.1 Å². The highest BCUT2D eigenvalue weighted by Gasteiger charge is 2.22. The molecule has 1 aliphatic rings. The van der Waals surface area contributed by atoms with E-state index in [2.05, 4.69) is 48.7 Å². The highest BCUT2D eigenvalue weighted by Crippen LogP contribution is 2.31. The van der Waals surface area contributed by atoms with E-state index in [1.165, 1.54) is 0 Å². The van der Waals surface area contributed by atoms with Crippen molar-refractivity contribution in [2.24, 2.45) is 5.92 Å². The van der Waals surface area contributed by atoms with Gasteiger partial charge in [0.15, 0.2) is 0 Å². The van der Waals surface area contributed by atoms with Crippen LogP contribution in [0.1, 0.15) is 56.6 Å².